The van der Waals surface area contributed by atoms with Crippen molar-refractivity contribution in [2.24, 2.45) is 0 Å². The van der Waals surface area contributed by atoms with Crippen LogP contribution in [0.5, 0.6) is 5.75 Å². The zero-order valence-corrected chi connectivity index (χ0v) is 19.6. The highest BCUT2D eigenvalue weighted by Crippen LogP contribution is 2.18. The predicted octanol–water partition coefficient (Wildman–Crippen LogP) is 6.38. The van der Waals surface area contributed by atoms with Gasteiger partial charge in [0.15, 0.2) is 0 Å². The van der Waals surface area contributed by atoms with Crippen LogP contribution in [0.3, 0.4) is 0 Å². The van der Waals surface area contributed by atoms with Gasteiger partial charge in [0, 0.05) is 12.8 Å². The van der Waals surface area contributed by atoms with Crippen molar-refractivity contribution in [3.05, 3.63) is 29.8 Å². The molecular formula is C26H43NO4. The molecule has 0 aliphatic heterocycles. The van der Waals surface area contributed by atoms with Crippen molar-refractivity contribution in [2.75, 3.05) is 0 Å². The van der Waals surface area contributed by atoms with Gasteiger partial charge in [0.2, 0.25) is 5.91 Å². The summed E-state index contributed by atoms with van der Waals surface area (Å²) in [6, 6.07) is 6.39. The quantitative estimate of drug-likeness (QED) is 0.235. The van der Waals surface area contributed by atoms with Gasteiger partial charge in [-0.25, -0.2) is 4.79 Å². The molecule has 31 heavy (non-hydrogen) atoms. The number of unbranched alkanes of at least 4 members (excludes halogenated alkanes) is 12. The number of carboxylic acids is 1. The highest BCUT2D eigenvalue weighted by molar-refractivity contribution is 5.86. The van der Waals surface area contributed by atoms with E-state index in [4.69, 9.17) is 0 Å². The van der Waals surface area contributed by atoms with Gasteiger partial charge in [-0.2, -0.15) is 0 Å². The van der Waals surface area contributed by atoms with E-state index >= 15 is 0 Å². The zero-order valence-electron chi connectivity index (χ0n) is 19.6. The van der Waals surface area contributed by atoms with Crippen LogP contribution in [-0.4, -0.2) is 27.6 Å². The number of rotatable bonds is 18. The highest BCUT2D eigenvalue weighted by atomic mass is 16.4. The molecule has 5 nitrogen and oxygen atoms in total. The molecule has 1 rings (SSSR count). The van der Waals surface area contributed by atoms with Gasteiger partial charge in [0.1, 0.15) is 11.3 Å². The van der Waals surface area contributed by atoms with Crippen LogP contribution in [0.15, 0.2) is 24.3 Å². The van der Waals surface area contributed by atoms with E-state index < -0.39 is 11.5 Å². The summed E-state index contributed by atoms with van der Waals surface area (Å²) < 4.78 is 0. The van der Waals surface area contributed by atoms with Crippen LogP contribution >= 0.6 is 0 Å². The van der Waals surface area contributed by atoms with E-state index in [1.54, 1.807) is 12.1 Å². The number of phenolic OH excluding ortho intramolecular Hbond substituents is 1. The minimum Gasteiger partial charge on any atom is -0.508 e. The Hall–Kier alpha value is -2.04. The summed E-state index contributed by atoms with van der Waals surface area (Å²) >= 11 is 0. The fraction of sp³-hybridized carbons (Fsp3) is 0.692. The lowest BCUT2D eigenvalue weighted by atomic mass is 9.92. The molecule has 0 saturated heterocycles. The predicted molar refractivity (Wildman–Crippen MR) is 126 cm³/mol. The minimum atomic E-state index is -1.36. The number of aliphatic carboxylic acids is 1. The van der Waals surface area contributed by atoms with Crippen LogP contribution in [0.1, 0.15) is 109 Å². The van der Waals surface area contributed by atoms with Crippen molar-refractivity contribution in [1.82, 2.24) is 5.32 Å². The molecule has 1 amide bonds. The number of hydrogen-bond acceptors (Lipinski definition) is 3. The zero-order chi connectivity index (χ0) is 23.0. The van der Waals surface area contributed by atoms with E-state index in [0.717, 1.165) is 24.8 Å². The molecule has 1 aromatic carbocycles. The molecule has 0 radical (unpaired) electrons. The Morgan fingerprint density at radius 2 is 1.26 bits per heavy atom. The first-order valence-corrected chi connectivity index (χ1v) is 12.2. The van der Waals surface area contributed by atoms with Gasteiger partial charge in [-0.1, -0.05) is 96.1 Å². The van der Waals surface area contributed by atoms with Crippen molar-refractivity contribution >= 4 is 11.9 Å². The van der Waals surface area contributed by atoms with E-state index in [1.165, 1.54) is 83.3 Å². The second-order valence-corrected chi connectivity index (χ2v) is 9.02. The number of nitrogens with one attached hydrogen (secondary N) is 1. The average molecular weight is 434 g/mol. The number of benzene rings is 1. The standard InChI is InChI=1S/C26H43NO4/c1-3-4-5-6-7-8-9-10-11-12-13-14-15-16-24(29)27-26(2,25(30)31)21-22-17-19-23(28)20-18-22/h17-20,28H,3-16,21H2,1-2H3,(H,27,29)(H,30,31)/t26-/m1/s1. The Balaban J connectivity index is 2.14. The first-order chi connectivity index (χ1) is 14.9. The molecule has 0 unspecified atom stereocenters. The van der Waals surface area contributed by atoms with Gasteiger partial charge in [-0.05, 0) is 31.0 Å². The summed E-state index contributed by atoms with van der Waals surface area (Å²) in [4.78, 5) is 24.0. The van der Waals surface area contributed by atoms with Gasteiger partial charge in [0.05, 0.1) is 0 Å². The first-order valence-electron chi connectivity index (χ1n) is 12.2. The third-order valence-corrected chi connectivity index (χ3v) is 5.89. The molecule has 0 bridgehead atoms. The number of carboxylic acid groups (broad SMARTS) is 1. The molecule has 1 atom stereocenters. The summed E-state index contributed by atoms with van der Waals surface area (Å²) in [5.41, 5.74) is -0.603. The number of carbonyl (C=O) groups excluding carboxylic acids is 1. The maximum atomic E-state index is 12.3. The van der Waals surface area contributed by atoms with Crippen molar-refractivity contribution in [2.45, 2.75) is 116 Å². The summed E-state index contributed by atoms with van der Waals surface area (Å²) in [6.07, 6.45) is 16.8. The summed E-state index contributed by atoms with van der Waals surface area (Å²) in [7, 11) is 0. The molecule has 1 aromatic rings. The number of amides is 1. The lowest BCUT2D eigenvalue weighted by Crippen LogP contribution is -2.53. The molecule has 5 heteroatoms. The third-order valence-electron chi connectivity index (χ3n) is 5.89. The molecule has 3 N–H and O–H groups in total. The van der Waals surface area contributed by atoms with E-state index in [-0.39, 0.29) is 18.1 Å². The Labute approximate surface area is 188 Å². The molecule has 0 heterocycles. The maximum Gasteiger partial charge on any atom is 0.329 e. The fourth-order valence-electron chi connectivity index (χ4n) is 3.87. The summed E-state index contributed by atoms with van der Waals surface area (Å²) in [5.74, 6) is -1.14. The molecule has 0 fully saturated rings. The van der Waals surface area contributed by atoms with Gasteiger partial charge >= 0.3 is 5.97 Å². The molecule has 176 valence electrons. The van der Waals surface area contributed by atoms with E-state index in [9.17, 15) is 19.8 Å². The van der Waals surface area contributed by atoms with Crippen molar-refractivity contribution in [3.63, 3.8) is 0 Å². The molecule has 0 aliphatic rings. The Kier molecular flexibility index (Phi) is 13.7. The average Bonchev–Trinajstić information content (AvgIpc) is 2.73. The third kappa shape index (κ3) is 12.4. The summed E-state index contributed by atoms with van der Waals surface area (Å²) in [5, 5.41) is 21.7. The molecule has 0 spiro atoms. The van der Waals surface area contributed by atoms with Crippen LogP contribution in [0.2, 0.25) is 0 Å². The Morgan fingerprint density at radius 3 is 1.71 bits per heavy atom. The molecule has 0 aromatic heterocycles. The largest absolute Gasteiger partial charge is 0.508 e. The smallest absolute Gasteiger partial charge is 0.329 e. The first kappa shape index (κ1) is 27.0. The second-order valence-electron chi connectivity index (χ2n) is 9.02. The van der Waals surface area contributed by atoms with Crippen LogP contribution in [-0.2, 0) is 16.0 Å². The lowest BCUT2D eigenvalue weighted by Gasteiger charge is -2.26. The molecule has 0 saturated carbocycles. The van der Waals surface area contributed by atoms with E-state index in [2.05, 4.69) is 12.2 Å². The van der Waals surface area contributed by atoms with Gasteiger partial charge in [-0.3, -0.25) is 4.79 Å². The lowest BCUT2D eigenvalue weighted by molar-refractivity contribution is -0.146. The topological polar surface area (TPSA) is 86.6 Å². The number of aromatic hydroxyl groups is 1. The number of hydrogen-bond donors (Lipinski definition) is 3. The van der Waals surface area contributed by atoms with Gasteiger partial charge in [-0.15, -0.1) is 0 Å². The van der Waals surface area contributed by atoms with Crippen molar-refractivity contribution < 1.29 is 19.8 Å². The fourth-order valence-corrected chi connectivity index (χ4v) is 3.87. The van der Waals surface area contributed by atoms with E-state index in [1.807, 2.05) is 0 Å². The molecule has 0 aliphatic carbocycles. The Bertz CT molecular complexity index is 629. The highest BCUT2D eigenvalue weighted by Gasteiger charge is 2.34. The SMILES string of the molecule is CCCCCCCCCCCCCCCC(=O)N[C@](C)(Cc1ccc(O)cc1)C(=O)O. The number of phenols is 1. The van der Waals surface area contributed by atoms with Gasteiger partial charge in [0.25, 0.3) is 0 Å². The minimum absolute atomic E-state index is 0.132. The monoisotopic (exact) mass is 433 g/mol. The van der Waals surface area contributed by atoms with Crippen LogP contribution in [0, 0.1) is 0 Å². The van der Waals surface area contributed by atoms with Crippen LogP contribution in [0.4, 0.5) is 0 Å². The van der Waals surface area contributed by atoms with Crippen LogP contribution < -0.4 is 5.32 Å². The normalized spacial score (nSPS) is 13.0. The van der Waals surface area contributed by atoms with E-state index in [0.29, 0.717) is 6.42 Å². The second kappa shape index (κ2) is 15.7. The van der Waals surface area contributed by atoms with Crippen molar-refractivity contribution in [3.8, 4) is 5.75 Å². The Morgan fingerprint density at radius 1 is 0.806 bits per heavy atom. The molecular weight excluding hydrogens is 390 g/mol. The maximum absolute atomic E-state index is 12.3. The van der Waals surface area contributed by atoms with Crippen molar-refractivity contribution in [1.29, 1.82) is 0 Å². The summed E-state index contributed by atoms with van der Waals surface area (Å²) in [6.45, 7) is 3.78. The van der Waals surface area contributed by atoms with Crippen LogP contribution in [0.25, 0.3) is 0 Å². The van der Waals surface area contributed by atoms with Gasteiger partial charge < -0.3 is 15.5 Å². The number of carbonyl (C=O) groups is 2.